The lowest BCUT2D eigenvalue weighted by Gasteiger charge is -2.58. The quantitative estimate of drug-likeness (QED) is 0.859. The Bertz CT molecular complexity index is 462. The second kappa shape index (κ2) is 3.74. The summed E-state index contributed by atoms with van der Waals surface area (Å²) in [5.74, 6) is 5.97. The van der Waals surface area contributed by atoms with E-state index in [2.05, 4.69) is 29.0 Å². The predicted molar refractivity (Wildman–Crippen MR) is 74.4 cm³/mol. The average Bonchev–Trinajstić information content (AvgIpc) is 2.74. The Morgan fingerprint density at radius 1 is 1.05 bits per heavy atom. The molecular weight excluding hydrogens is 236 g/mol. The van der Waals surface area contributed by atoms with Crippen LogP contribution in [0.15, 0.2) is 0 Å². The van der Waals surface area contributed by atoms with Crippen molar-refractivity contribution in [3.8, 4) is 0 Å². The molecular formula is C15H24N4. The van der Waals surface area contributed by atoms with Crippen molar-refractivity contribution < 1.29 is 0 Å². The molecule has 3 N–H and O–H groups in total. The van der Waals surface area contributed by atoms with Gasteiger partial charge in [-0.25, -0.2) is 0 Å². The van der Waals surface area contributed by atoms with Crippen molar-refractivity contribution in [2.75, 3.05) is 5.73 Å². The summed E-state index contributed by atoms with van der Waals surface area (Å²) in [5, 5.41) is 7.11. The van der Waals surface area contributed by atoms with Gasteiger partial charge in [-0.2, -0.15) is 4.98 Å². The lowest BCUT2D eigenvalue weighted by molar-refractivity contribution is -0.0666. The maximum atomic E-state index is 5.70. The van der Waals surface area contributed by atoms with Crippen LogP contribution in [-0.2, 0) is 5.41 Å². The highest BCUT2D eigenvalue weighted by Crippen LogP contribution is 2.60. The zero-order chi connectivity index (χ0) is 13.2. The summed E-state index contributed by atoms with van der Waals surface area (Å²) in [6.07, 6.45) is 7.31. The molecule has 1 heterocycles. The largest absolute Gasteiger partial charge is 0.367 e. The summed E-state index contributed by atoms with van der Waals surface area (Å²) in [6.45, 7) is 4.67. The van der Waals surface area contributed by atoms with E-state index < -0.39 is 0 Å². The van der Waals surface area contributed by atoms with Crippen LogP contribution in [0.3, 0.4) is 0 Å². The lowest BCUT2D eigenvalue weighted by atomic mass is 9.47. The second-order valence-electron chi connectivity index (χ2n) is 7.72. The molecule has 4 heteroatoms. The van der Waals surface area contributed by atoms with E-state index >= 15 is 0 Å². The Morgan fingerprint density at radius 2 is 1.63 bits per heavy atom. The monoisotopic (exact) mass is 260 g/mol. The van der Waals surface area contributed by atoms with Gasteiger partial charge in [0.15, 0.2) is 0 Å². The van der Waals surface area contributed by atoms with Crippen molar-refractivity contribution in [3.05, 3.63) is 5.82 Å². The Hall–Kier alpha value is -1.06. The first-order valence-corrected chi connectivity index (χ1v) is 7.72. The molecule has 4 saturated carbocycles. The molecule has 0 atom stereocenters. The molecule has 0 radical (unpaired) electrons. The van der Waals surface area contributed by atoms with Gasteiger partial charge in [0.25, 0.3) is 0 Å². The first-order chi connectivity index (χ1) is 9.04. The summed E-state index contributed by atoms with van der Waals surface area (Å²) in [5.41, 5.74) is 5.77. The van der Waals surface area contributed by atoms with Gasteiger partial charge in [-0.15, -0.1) is 5.10 Å². The van der Waals surface area contributed by atoms with E-state index in [9.17, 15) is 0 Å². The van der Waals surface area contributed by atoms with Crippen LogP contribution in [0, 0.1) is 29.6 Å². The number of hydrogen-bond acceptors (Lipinski definition) is 3. The molecule has 1 aromatic heterocycles. The molecule has 4 bridgehead atoms. The average molecular weight is 260 g/mol. The van der Waals surface area contributed by atoms with Crippen molar-refractivity contribution in [1.82, 2.24) is 15.2 Å². The van der Waals surface area contributed by atoms with E-state index in [0.717, 1.165) is 35.4 Å². The highest BCUT2D eigenvalue weighted by molar-refractivity contribution is 5.20. The Balaban J connectivity index is 1.68. The molecule has 0 saturated heterocycles. The minimum Gasteiger partial charge on any atom is -0.367 e. The topological polar surface area (TPSA) is 67.6 Å². The fourth-order valence-corrected chi connectivity index (χ4v) is 5.82. The van der Waals surface area contributed by atoms with Gasteiger partial charge >= 0.3 is 0 Å². The van der Waals surface area contributed by atoms with Crippen LogP contribution in [0.5, 0.6) is 0 Å². The van der Waals surface area contributed by atoms with Crippen LogP contribution in [0.2, 0.25) is 0 Å². The van der Waals surface area contributed by atoms with E-state index in [1.165, 1.54) is 32.1 Å². The van der Waals surface area contributed by atoms with Crippen LogP contribution in [0.4, 0.5) is 5.95 Å². The summed E-state index contributed by atoms with van der Waals surface area (Å²) >= 11 is 0. The van der Waals surface area contributed by atoms with Crippen molar-refractivity contribution in [3.63, 3.8) is 0 Å². The van der Waals surface area contributed by atoms with Crippen LogP contribution in [0.1, 0.15) is 51.8 Å². The molecule has 0 aromatic carbocycles. The smallest absolute Gasteiger partial charge is 0.239 e. The maximum absolute atomic E-state index is 5.70. The van der Waals surface area contributed by atoms with Gasteiger partial charge in [-0.1, -0.05) is 13.8 Å². The molecule has 104 valence electrons. The van der Waals surface area contributed by atoms with Gasteiger partial charge in [0.2, 0.25) is 5.95 Å². The number of anilines is 1. The molecule has 19 heavy (non-hydrogen) atoms. The van der Waals surface area contributed by atoms with Crippen LogP contribution in [-0.4, -0.2) is 15.2 Å². The summed E-state index contributed by atoms with van der Waals surface area (Å²) in [4.78, 5) is 4.43. The summed E-state index contributed by atoms with van der Waals surface area (Å²) < 4.78 is 0. The number of hydrogen-bond donors (Lipinski definition) is 2. The standard InChI is InChI=1S/C15H24N4/c1-15(2,13-17-14(16)19-18-13)12-10-4-8-3-9(6-10)7-11(12)5-8/h8-12H,3-7H2,1-2H3,(H3,16,17,18,19). The van der Waals surface area contributed by atoms with Gasteiger partial charge in [0.1, 0.15) is 5.82 Å². The first-order valence-electron chi connectivity index (χ1n) is 7.72. The van der Waals surface area contributed by atoms with Crippen molar-refractivity contribution in [1.29, 1.82) is 0 Å². The van der Waals surface area contributed by atoms with Crippen LogP contribution in [0.25, 0.3) is 0 Å². The third-order valence-electron chi connectivity index (χ3n) is 6.17. The van der Waals surface area contributed by atoms with Gasteiger partial charge < -0.3 is 5.73 Å². The minimum absolute atomic E-state index is 0.0766. The van der Waals surface area contributed by atoms with Crippen LogP contribution >= 0.6 is 0 Å². The molecule has 0 aliphatic heterocycles. The zero-order valence-electron chi connectivity index (χ0n) is 11.9. The Morgan fingerprint density at radius 3 is 2.11 bits per heavy atom. The molecule has 0 amide bonds. The number of nitrogen functional groups attached to an aromatic ring is 1. The third kappa shape index (κ3) is 1.65. The fraction of sp³-hybridized carbons (Fsp3) is 0.867. The first kappa shape index (κ1) is 11.7. The third-order valence-corrected chi connectivity index (χ3v) is 6.17. The Labute approximate surface area is 114 Å². The van der Waals surface area contributed by atoms with E-state index in [1.807, 2.05) is 0 Å². The fourth-order valence-electron chi connectivity index (χ4n) is 5.82. The Kier molecular flexibility index (Phi) is 2.31. The number of nitrogens with zero attached hydrogens (tertiary/aromatic N) is 2. The highest BCUT2D eigenvalue weighted by atomic mass is 15.3. The number of nitrogens with one attached hydrogen (secondary N) is 1. The molecule has 4 nitrogen and oxygen atoms in total. The minimum atomic E-state index is 0.0766. The van der Waals surface area contributed by atoms with Gasteiger partial charge in [0.05, 0.1) is 0 Å². The zero-order valence-corrected chi connectivity index (χ0v) is 11.9. The van der Waals surface area contributed by atoms with E-state index in [-0.39, 0.29) is 5.41 Å². The molecule has 4 fully saturated rings. The number of H-pyrrole nitrogens is 1. The maximum Gasteiger partial charge on any atom is 0.239 e. The molecule has 0 unspecified atom stereocenters. The number of aromatic nitrogens is 3. The lowest BCUT2D eigenvalue weighted by Crippen LogP contribution is -2.52. The van der Waals surface area contributed by atoms with E-state index in [1.54, 1.807) is 0 Å². The molecule has 4 aliphatic carbocycles. The molecule has 4 aliphatic rings. The highest BCUT2D eigenvalue weighted by Gasteiger charge is 2.53. The SMILES string of the molecule is CC(C)(c1nc(N)n[nH]1)C1C2CC3CC(C2)CC1C3. The number of rotatable bonds is 2. The second-order valence-corrected chi connectivity index (χ2v) is 7.72. The molecule has 0 spiro atoms. The van der Waals surface area contributed by atoms with Crippen molar-refractivity contribution in [2.45, 2.75) is 51.4 Å². The normalized spacial score (nSPS) is 40.8. The van der Waals surface area contributed by atoms with Gasteiger partial charge in [-0.3, -0.25) is 5.10 Å². The van der Waals surface area contributed by atoms with E-state index in [4.69, 9.17) is 5.73 Å². The molecule has 5 rings (SSSR count). The van der Waals surface area contributed by atoms with Crippen molar-refractivity contribution in [2.24, 2.45) is 29.6 Å². The van der Waals surface area contributed by atoms with E-state index in [0.29, 0.717) is 5.95 Å². The van der Waals surface area contributed by atoms with Crippen LogP contribution < -0.4 is 5.73 Å². The molecule has 1 aromatic rings. The van der Waals surface area contributed by atoms with Crippen molar-refractivity contribution >= 4 is 5.95 Å². The summed E-state index contributed by atoms with van der Waals surface area (Å²) in [7, 11) is 0. The number of nitrogens with two attached hydrogens (primary N) is 1. The van der Waals surface area contributed by atoms with Gasteiger partial charge in [-0.05, 0) is 61.7 Å². The van der Waals surface area contributed by atoms with Gasteiger partial charge in [0, 0.05) is 5.41 Å². The summed E-state index contributed by atoms with van der Waals surface area (Å²) in [6, 6.07) is 0. The number of aromatic amines is 1. The predicted octanol–water partition coefficient (Wildman–Crippen LogP) is 2.74.